The Hall–Kier alpha value is -1.99. The second-order valence-corrected chi connectivity index (χ2v) is 8.67. The van der Waals surface area contributed by atoms with Gasteiger partial charge in [0.15, 0.2) is 0 Å². The zero-order valence-electron chi connectivity index (χ0n) is 17.8. The molecule has 0 spiro atoms. The van der Waals surface area contributed by atoms with E-state index in [1.807, 2.05) is 13.8 Å². The van der Waals surface area contributed by atoms with Gasteiger partial charge in [0, 0.05) is 5.75 Å². The summed E-state index contributed by atoms with van der Waals surface area (Å²) in [4.78, 5) is 59.6. The lowest BCUT2D eigenvalue weighted by Gasteiger charge is -2.24. The van der Waals surface area contributed by atoms with Crippen LogP contribution in [-0.2, 0) is 24.0 Å². The maximum atomic E-state index is 12.6. The highest BCUT2D eigenvalue weighted by atomic mass is 32.2. The highest BCUT2D eigenvalue weighted by Crippen LogP contribution is 2.05. The fraction of sp³-hybridized carbons (Fsp3) is 0.722. The van der Waals surface area contributed by atoms with Gasteiger partial charge in [0.25, 0.3) is 0 Å². The Balaban J connectivity index is 5.21. The van der Waals surface area contributed by atoms with Crippen LogP contribution in [-0.4, -0.2) is 81.8 Å². The number of carboxylic acids is 2. The van der Waals surface area contributed by atoms with Crippen LogP contribution >= 0.6 is 24.4 Å². The molecule has 7 N–H and O–H groups in total. The number of rotatable bonds is 15. The minimum absolute atomic E-state index is 0.109. The van der Waals surface area contributed by atoms with Gasteiger partial charge in [-0.1, -0.05) is 13.8 Å². The Morgan fingerprint density at radius 3 is 1.90 bits per heavy atom. The third-order valence-electron chi connectivity index (χ3n) is 4.11. The Morgan fingerprint density at radius 2 is 1.45 bits per heavy atom. The number of hydrogen-bond donors (Lipinski definition) is 7. The van der Waals surface area contributed by atoms with Crippen molar-refractivity contribution in [3.8, 4) is 0 Å². The van der Waals surface area contributed by atoms with E-state index in [1.54, 1.807) is 6.26 Å². The lowest BCUT2D eigenvalue weighted by atomic mass is 10.0. The summed E-state index contributed by atoms with van der Waals surface area (Å²) >= 11 is 5.42. The first-order chi connectivity index (χ1) is 14.4. The third-order valence-corrected chi connectivity index (χ3v) is 5.12. The van der Waals surface area contributed by atoms with Crippen LogP contribution in [0.1, 0.15) is 33.1 Å². The number of carboxylic acid groups (broad SMARTS) is 2. The molecular formula is C18H32N4O7S2. The zero-order valence-corrected chi connectivity index (χ0v) is 19.5. The fourth-order valence-corrected chi connectivity index (χ4v) is 3.24. The van der Waals surface area contributed by atoms with Gasteiger partial charge < -0.3 is 31.9 Å². The number of thiol groups is 1. The van der Waals surface area contributed by atoms with E-state index in [-0.39, 0.29) is 18.1 Å². The van der Waals surface area contributed by atoms with E-state index in [9.17, 15) is 29.1 Å². The van der Waals surface area contributed by atoms with Gasteiger partial charge in [0.05, 0.1) is 12.5 Å². The molecule has 0 radical (unpaired) electrons. The molecule has 31 heavy (non-hydrogen) atoms. The molecule has 178 valence electrons. The Kier molecular flexibility index (Phi) is 14.0. The highest BCUT2D eigenvalue weighted by molar-refractivity contribution is 7.98. The lowest BCUT2D eigenvalue weighted by Crippen LogP contribution is -2.58. The molecule has 3 amide bonds. The highest BCUT2D eigenvalue weighted by Gasteiger charge is 2.30. The first-order valence-corrected chi connectivity index (χ1v) is 11.7. The molecular weight excluding hydrogens is 448 g/mol. The Morgan fingerprint density at radius 1 is 0.935 bits per heavy atom. The summed E-state index contributed by atoms with van der Waals surface area (Å²) < 4.78 is 0. The van der Waals surface area contributed by atoms with Gasteiger partial charge >= 0.3 is 11.9 Å². The maximum absolute atomic E-state index is 12.6. The van der Waals surface area contributed by atoms with Gasteiger partial charge in [-0.2, -0.15) is 24.4 Å². The second-order valence-electron chi connectivity index (χ2n) is 7.32. The van der Waals surface area contributed by atoms with Crippen molar-refractivity contribution in [1.82, 2.24) is 16.0 Å². The van der Waals surface area contributed by atoms with Gasteiger partial charge in [0.1, 0.15) is 18.1 Å². The molecule has 0 aromatic carbocycles. The molecule has 0 saturated carbocycles. The topological polar surface area (TPSA) is 188 Å². The predicted molar refractivity (Wildman–Crippen MR) is 120 cm³/mol. The molecule has 0 bridgehead atoms. The molecule has 0 aliphatic heterocycles. The van der Waals surface area contributed by atoms with Gasteiger partial charge in [-0.15, -0.1) is 0 Å². The Labute approximate surface area is 191 Å². The molecule has 0 heterocycles. The van der Waals surface area contributed by atoms with E-state index in [4.69, 9.17) is 10.8 Å². The van der Waals surface area contributed by atoms with E-state index < -0.39 is 60.2 Å². The number of carbonyl (C=O) groups excluding carboxylic acids is 3. The number of carbonyl (C=O) groups is 5. The number of hydrogen-bond acceptors (Lipinski definition) is 8. The van der Waals surface area contributed by atoms with E-state index in [1.165, 1.54) is 11.8 Å². The van der Waals surface area contributed by atoms with Crippen LogP contribution in [0.25, 0.3) is 0 Å². The van der Waals surface area contributed by atoms with Crippen molar-refractivity contribution in [2.45, 2.75) is 57.3 Å². The average Bonchev–Trinajstić information content (AvgIpc) is 2.66. The van der Waals surface area contributed by atoms with Crippen LogP contribution < -0.4 is 21.7 Å². The second kappa shape index (κ2) is 14.9. The van der Waals surface area contributed by atoms with Gasteiger partial charge in [-0.3, -0.25) is 19.2 Å². The number of nitrogens with one attached hydrogen (secondary N) is 3. The maximum Gasteiger partial charge on any atom is 0.326 e. The van der Waals surface area contributed by atoms with Crippen LogP contribution in [0, 0.1) is 5.92 Å². The number of amides is 3. The Bertz CT molecular complexity index is 648. The lowest BCUT2D eigenvalue weighted by molar-refractivity contribution is -0.143. The van der Waals surface area contributed by atoms with Gasteiger partial charge in [-0.05, 0) is 30.8 Å². The summed E-state index contributed by atoms with van der Waals surface area (Å²) in [7, 11) is 0. The zero-order chi connectivity index (χ0) is 24.1. The van der Waals surface area contributed by atoms with E-state index in [0.717, 1.165) is 0 Å². The molecule has 4 atom stereocenters. The minimum Gasteiger partial charge on any atom is -0.481 e. The third kappa shape index (κ3) is 11.8. The molecule has 0 fully saturated rings. The first kappa shape index (κ1) is 29.0. The van der Waals surface area contributed by atoms with Crippen molar-refractivity contribution in [3.05, 3.63) is 0 Å². The van der Waals surface area contributed by atoms with E-state index >= 15 is 0 Å². The molecule has 0 aromatic heterocycles. The van der Waals surface area contributed by atoms with Crippen molar-refractivity contribution < 1.29 is 34.2 Å². The van der Waals surface area contributed by atoms with Crippen molar-refractivity contribution in [2.75, 3.05) is 17.8 Å². The monoisotopic (exact) mass is 480 g/mol. The van der Waals surface area contributed by atoms with Crippen LogP contribution in [0.4, 0.5) is 0 Å². The summed E-state index contributed by atoms with van der Waals surface area (Å²) in [6, 6.07) is -4.78. The SMILES string of the molecule is CSCCC(NC(=O)C(CS)NC(=O)C(CC(=O)O)NC(=O)C(N)CC(C)C)C(=O)O. The summed E-state index contributed by atoms with van der Waals surface area (Å²) in [6.07, 6.45) is 1.59. The van der Waals surface area contributed by atoms with Crippen molar-refractivity contribution >= 4 is 54.1 Å². The number of aliphatic carboxylic acids is 2. The fourth-order valence-electron chi connectivity index (χ4n) is 2.51. The van der Waals surface area contributed by atoms with E-state index in [0.29, 0.717) is 12.2 Å². The van der Waals surface area contributed by atoms with Crippen molar-refractivity contribution in [2.24, 2.45) is 11.7 Å². The largest absolute Gasteiger partial charge is 0.481 e. The molecule has 11 nitrogen and oxygen atoms in total. The molecule has 0 aromatic rings. The first-order valence-electron chi connectivity index (χ1n) is 9.63. The summed E-state index contributed by atoms with van der Waals surface area (Å²) in [5, 5.41) is 25.2. The van der Waals surface area contributed by atoms with Crippen LogP contribution in [0.5, 0.6) is 0 Å². The molecule has 0 aliphatic carbocycles. The normalized spacial score (nSPS) is 14.8. The van der Waals surface area contributed by atoms with Gasteiger partial charge in [-0.25, -0.2) is 4.79 Å². The quantitative estimate of drug-likeness (QED) is 0.145. The molecule has 0 rings (SSSR count). The number of nitrogens with two attached hydrogens (primary N) is 1. The van der Waals surface area contributed by atoms with Crippen LogP contribution in [0.3, 0.4) is 0 Å². The predicted octanol–water partition coefficient (Wildman–Crippen LogP) is -0.944. The molecule has 0 aliphatic rings. The van der Waals surface area contributed by atoms with Crippen LogP contribution in [0.2, 0.25) is 0 Å². The minimum atomic E-state index is -1.47. The summed E-state index contributed by atoms with van der Waals surface area (Å²) in [5.74, 6) is -4.52. The smallest absolute Gasteiger partial charge is 0.326 e. The molecule has 4 unspecified atom stereocenters. The summed E-state index contributed by atoms with van der Waals surface area (Å²) in [5.41, 5.74) is 5.77. The molecule has 0 saturated heterocycles. The summed E-state index contributed by atoms with van der Waals surface area (Å²) in [6.45, 7) is 3.71. The molecule has 13 heteroatoms. The average molecular weight is 481 g/mol. The number of thioether (sulfide) groups is 1. The van der Waals surface area contributed by atoms with E-state index in [2.05, 4.69) is 28.6 Å². The standard InChI is InChI=1S/C18H32N4O7S2/c1-9(2)6-10(19)15(25)21-12(7-14(23)24)16(26)22-13(8-30)17(27)20-11(18(28)29)4-5-31-3/h9-13,30H,4-8,19H2,1-3H3,(H,20,27)(H,21,25)(H,22,26)(H,23,24)(H,28,29). The van der Waals surface area contributed by atoms with Crippen molar-refractivity contribution in [3.63, 3.8) is 0 Å². The van der Waals surface area contributed by atoms with Crippen molar-refractivity contribution in [1.29, 1.82) is 0 Å². The van der Waals surface area contributed by atoms with Gasteiger partial charge in [0.2, 0.25) is 17.7 Å². The van der Waals surface area contributed by atoms with Crippen LogP contribution in [0.15, 0.2) is 0 Å².